The molecule has 136 valence electrons. The first-order valence-corrected chi connectivity index (χ1v) is 8.91. The van der Waals surface area contributed by atoms with Crippen LogP contribution in [-0.2, 0) is 11.2 Å². The first-order valence-electron chi connectivity index (χ1n) is 8.91. The predicted octanol–water partition coefficient (Wildman–Crippen LogP) is 3.00. The fourth-order valence-corrected chi connectivity index (χ4v) is 2.91. The van der Waals surface area contributed by atoms with Crippen molar-refractivity contribution in [2.75, 3.05) is 6.54 Å². The molecule has 0 N–H and O–H groups in total. The van der Waals surface area contributed by atoms with Crippen LogP contribution in [0.15, 0.2) is 8.94 Å². The van der Waals surface area contributed by atoms with E-state index in [1.54, 1.807) is 0 Å². The molecule has 0 saturated carbocycles. The molecule has 0 radical (unpaired) electrons. The van der Waals surface area contributed by atoms with Crippen LogP contribution in [-0.4, -0.2) is 37.7 Å². The van der Waals surface area contributed by atoms with Gasteiger partial charge in [0.15, 0.2) is 5.82 Å². The number of aromatic nitrogens is 4. The number of likely N-dealkylation sites (tertiary alicyclic amines) is 1. The summed E-state index contributed by atoms with van der Waals surface area (Å²) in [4.78, 5) is 18.9. The van der Waals surface area contributed by atoms with Crippen molar-refractivity contribution in [3.05, 3.63) is 23.5 Å². The van der Waals surface area contributed by atoms with Gasteiger partial charge in [-0.2, -0.15) is 4.98 Å². The Bertz CT molecular complexity index is 721. The van der Waals surface area contributed by atoms with E-state index < -0.39 is 0 Å². The summed E-state index contributed by atoms with van der Waals surface area (Å²) in [6.45, 7) is 8.71. The zero-order chi connectivity index (χ0) is 18.0. The summed E-state index contributed by atoms with van der Waals surface area (Å²) in [5, 5.41) is 12.1. The molecular weight excluding hydrogens is 322 g/mol. The van der Waals surface area contributed by atoms with E-state index in [1.165, 1.54) is 0 Å². The third kappa shape index (κ3) is 3.88. The Kier molecular flexibility index (Phi) is 5.15. The lowest BCUT2D eigenvalue weighted by Crippen LogP contribution is -2.31. The second kappa shape index (κ2) is 7.33. The van der Waals surface area contributed by atoms with Gasteiger partial charge in [0.25, 0.3) is 0 Å². The summed E-state index contributed by atoms with van der Waals surface area (Å²) >= 11 is 0. The van der Waals surface area contributed by atoms with Crippen LogP contribution < -0.4 is 0 Å². The van der Waals surface area contributed by atoms with Crippen LogP contribution in [0, 0.1) is 0 Å². The van der Waals surface area contributed by atoms with Gasteiger partial charge in [0.2, 0.25) is 23.6 Å². The van der Waals surface area contributed by atoms with Crippen LogP contribution in [0.3, 0.4) is 0 Å². The molecule has 0 spiro atoms. The molecule has 1 amide bonds. The Morgan fingerprint density at radius 2 is 1.96 bits per heavy atom. The molecule has 8 heteroatoms. The molecule has 0 aliphatic carbocycles. The van der Waals surface area contributed by atoms with E-state index in [0.29, 0.717) is 36.3 Å². The second-order valence-electron chi connectivity index (χ2n) is 7.08. The van der Waals surface area contributed by atoms with Gasteiger partial charge >= 0.3 is 0 Å². The Morgan fingerprint density at radius 3 is 2.60 bits per heavy atom. The van der Waals surface area contributed by atoms with Crippen molar-refractivity contribution in [1.82, 2.24) is 25.2 Å². The standard InChI is InChI=1S/C17H25N5O3/c1-10(2)16-18-15(21-25-16)12-6-5-9-22(12)14(23)8-7-13-19-20-17(24-13)11(3)4/h10-12H,5-9H2,1-4H3. The zero-order valence-corrected chi connectivity index (χ0v) is 15.2. The zero-order valence-electron chi connectivity index (χ0n) is 15.2. The molecule has 3 heterocycles. The number of hydrogen-bond acceptors (Lipinski definition) is 7. The monoisotopic (exact) mass is 347 g/mol. The van der Waals surface area contributed by atoms with Gasteiger partial charge < -0.3 is 13.8 Å². The summed E-state index contributed by atoms with van der Waals surface area (Å²) in [6.07, 6.45) is 2.59. The van der Waals surface area contributed by atoms with Gasteiger partial charge in [-0.1, -0.05) is 32.9 Å². The Morgan fingerprint density at radius 1 is 1.20 bits per heavy atom. The van der Waals surface area contributed by atoms with Crippen molar-refractivity contribution in [2.45, 2.75) is 71.3 Å². The van der Waals surface area contributed by atoms with E-state index in [9.17, 15) is 4.79 Å². The van der Waals surface area contributed by atoms with Crippen molar-refractivity contribution in [1.29, 1.82) is 0 Å². The Hall–Kier alpha value is -2.25. The number of hydrogen-bond donors (Lipinski definition) is 0. The van der Waals surface area contributed by atoms with Crippen molar-refractivity contribution in [3.63, 3.8) is 0 Å². The van der Waals surface area contributed by atoms with Crippen LogP contribution in [0.5, 0.6) is 0 Å². The number of aryl methyl sites for hydroxylation is 1. The van der Waals surface area contributed by atoms with Gasteiger partial charge in [0, 0.05) is 31.2 Å². The summed E-state index contributed by atoms with van der Waals surface area (Å²) in [6, 6.07) is -0.0994. The van der Waals surface area contributed by atoms with Crippen molar-refractivity contribution in [2.24, 2.45) is 0 Å². The smallest absolute Gasteiger partial charge is 0.229 e. The van der Waals surface area contributed by atoms with Crippen molar-refractivity contribution in [3.8, 4) is 0 Å². The predicted molar refractivity (Wildman–Crippen MR) is 88.8 cm³/mol. The number of rotatable bonds is 6. The highest BCUT2D eigenvalue weighted by atomic mass is 16.5. The largest absolute Gasteiger partial charge is 0.425 e. The van der Waals surface area contributed by atoms with Crippen molar-refractivity contribution < 1.29 is 13.7 Å². The lowest BCUT2D eigenvalue weighted by molar-refractivity contribution is -0.132. The molecule has 2 aromatic rings. The van der Waals surface area contributed by atoms with E-state index in [2.05, 4.69) is 20.3 Å². The lowest BCUT2D eigenvalue weighted by atomic mass is 10.2. The minimum absolute atomic E-state index is 0.0580. The molecule has 8 nitrogen and oxygen atoms in total. The van der Waals surface area contributed by atoms with Gasteiger partial charge in [-0.3, -0.25) is 4.79 Å². The highest BCUT2D eigenvalue weighted by molar-refractivity contribution is 5.77. The molecule has 2 aromatic heterocycles. The fourth-order valence-electron chi connectivity index (χ4n) is 2.91. The Balaban J connectivity index is 1.61. The van der Waals surface area contributed by atoms with Gasteiger partial charge in [0.1, 0.15) is 0 Å². The fraction of sp³-hybridized carbons (Fsp3) is 0.706. The third-order valence-corrected chi connectivity index (χ3v) is 4.35. The van der Waals surface area contributed by atoms with E-state index in [-0.39, 0.29) is 23.8 Å². The lowest BCUT2D eigenvalue weighted by Gasteiger charge is -2.21. The summed E-state index contributed by atoms with van der Waals surface area (Å²) in [5.74, 6) is 2.76. The molecule has 1 unspecified atom stereocenters. The van der Waals surface area contributed by atoms with E-state index >= 15 is 0 Å². The number of carbonyl (C=O) groups excluding carboxylic acids is 1. The van der Waals surface area contributed by atoms with E-state index in [0.717, 1.165) is 19.4 Å². The first-order chi connectivity index (χ1) is 12.0. The van der Waals surface area contributed by atoms with Gasteiger partial charge in [-0.25, -0.2) is 0 Å². The molecular formula is C17H25N5O3. The maximum Gasteiger partial charge on any atom is 0.229 e. The quantitative estimate of drug-likeness (QED) is 0.792. The molecule has 1 saturated heterocycles. The molecule has 1 fully saturated rings. The van der Waals surface area contributed by atoms with E-state index in [4.69, 9.17) is 8.94 Å². The Labute approximate surface area is 147 Å². The van der Waals surface area contributed by atoms with Gasteiger partial charge in [-0.05, 0) is 12.8 Å². The van der Waals surface area contributed by atoms with Gasteiger partial charge in [0.05, 0.1) is 6.04 Å². The molecule has 1 aliphatic rings. The maximum atomic E-state index is 12.6. The van der Waals surface area contributed by atoms with Gasteiger partial charge in [-0.15, -0.1) is 10.2 Å². The number of nitrogens with zero attached hydrogens (tertiary/aromatic N) is 5. The van der Waals surface area contributed by atoms with Crippen LogP contribution in [0.4, 0.5) is 0 Å². The number of carbonyl (C=O) groups is 1. The highest BCUT2D eigenvalue weighted by Crippen LogP contribution is 2.31. The normalized spacial score (nSPS) is 17.8. The average molecular weight is 347 g/mol. The molecule has 1 atom stereocenters. The SMILES string of the molecule is CC(C)c1nc(C2CCCN2C(=O)CCc2nnc(C(C)C)o2)no1. The highest BCUT2D eigenvalue weighted by Gasteiger charge is 2.33. The second-order valence-corrected chi connectivity index (χ2v) is 7.08. The molecule has 3 rings (SSSR count). The molecule has 0 bridgehead atoms. The molecule has 1 aliphatic heterocycles. The van der Waals surface area contributed by atoms with Crippen LogP contribution in [0.25, 0.3) is 0 Å². The minimum atomic E-state index is -0.0994. The first kappa shape index (κ1) is 17.6. The van der Waals surface area contributed by atoms with Crippen LogP contribution >= 0.6 is 0 Å². The van der Waals surface area contributed by atoms with Crippen LogP contribution in [0.2, 0.25) is 0 Å². The van der Waals surface area contributed by atoms with Crippen molar-refractivity contribution >= 4 is 5.91 Å². The molecule has 0 aromatic carbocycles. The molecule has 25 heavy (non-hydrogen) atoms. The van der Waals surface area contributed by atoms with E-state index in [1.807, 2.05) is 32.6 Å². The van der Waals surface area contributed by atoms with Crippen LogP contribution in [0.1, 0.15) is 88.3 Å². The maximum absolute atomic E-state index is 12.6. The topological polar surface area (TPSA) is 98.2 Å². The summed E-state index contributed by atoms with van der Waals surface area (Å²) < 4.78 is 10.9. The number of amides is 1. The minimum Gasteiger partial charge on any atom is -0.425 e. The summed E-state index contributed by atoms with van der Waals surface area (Å²) in [7, 11) is 0. The summed E-state index contributed by atoms with van der Waals surface area (Å²) in [5.41, 5.74) is 0. The average Bonchev–Trinajstić information content (AvgIpc) is 3.31. The third-order valence-electron chi connectivity index (χ3n) is 4.35.